The molecule has 128 valence electrons. The molecule has 0 aliphatic carbocycles. The molecule has 5 nitrogen and oxygen atoms in total. The number of carbonyl (C=O) groups excluding carboxylic acids is 1. The fourth-order valence-electron chi connectivity index (χ4n) is 2.43. The molecule has 0 saturated heterocycles. The first kappa shape index (κ1) is 17.0. The molecular weight excluding hydrogens is 338 g/mol. The topological polar surface area (TPSA) is 67.0 Å². The number of benzene rings is 2. The standard InChI is InChI=1S/C19H18ClN3O2/c1-13-3-2-4-16(11-13)25-10-9-21-19(24)17-12-22-23-18(17)14-5-7-15(20)8-6-14/h2-8,11-12H,9-10H2,1H3,(H,21,24)(H,22,23). The normalized spacial score (nSPS) is 10.5. The van der Waals surface area contributed by atoms with Gasteiger partial charge < -0.3 is 10.1 Å². The van der Waals surface area contributed by atoms with E-state index in [1.54, 1.807) is 12.1 Å². The molecule has 0 atom stereocenters. The molecule has 25 heavy (non-hydrogen) atoms. The fraction of sp³-hybridized carbons (Fsp3) is 0.158. The van der Waals surface area contributed by atoms with Crippen LogP contribution >= 0.6 is 11.6 Å². The smallest absolute Gasteiger partial charge is 0.255 e. The van der Waals surface area contributed by atoms with Crippen molar-refractivity contribution >= 4 is 17.5 Å². The van der Waals surface area contributed by atoms with Crippen molar-refractivity contribution in [1.82, 2.24) is 15.5 Å². The van der Waals surface area contributed by atoms with Crippen molar-refractivity contribution in [3.8, 4) is 17.0 Å². The Balaban J connectivity index is 1.57. The molecule has 2 aromatic carbocycles. The van der Waals surface area contributed by atoms with Gasteiger partial charge in [-0.05, 0) is 36.8 Å². The molecule has 0 spiro atoms. The second-order valence-electron chi connectivity index (χ2n) is 5.59. The van der Waals surface area contributed by atoms with Gasteiger partial charge in [0, 0.05) is 10.6 Å². The van der Waals surface area contributed by atoms with Crippen LogP contribution in [0.1, 0.15) is 15.9 Å². The maximum Gasteiger partial charge on any atom is 0.255 e. The zero-order chi connectivity index (χ0) is 17.6. The molecule has 0 fully saturated rings. The number of carbonyl (C=O) groups is 1. The highest BCUT2D eigenvalue weighted by Gasteiger charge is 2.14. The SMILES string of the molecule is Cc1cccc(OCCNC(=O)c2cn[nH]c2-c2ccc(Cl)cc2)c1. The third-order valence-electron chi connectivity index (χ3n) is 3.66. The van der Waals surface area contributed by atoms with Crippen LogP contribution in [0.5, 0.6) is 5.75 Å². The van der Waals surface area contributed by atoms with Crippen LogP contribution in [0.15, 0.2) is 54.7 Å². The van der Waals surface area contributed by atoms with Crippen LogP contribution in [0.2, 0.25) is 5.02 Å². The summed E-state index contributed by atoms with van der Waals surface area (Å²) >= 11 is 5.90. The van der Waals surface area contributed by atoms with Gasteiger partial charge in [-0.25, -0.2) is 0 Å². The lowest BCUT2D eigenvalue weighted by Crippen LogP contribution is -2.28. The van der Waals surface area contributed by atoms with Crippen LogP contribution < -0.4 is 10.1 Å². The first-order chi connectivity index (χ1) is 12.1. The van der Waals surface area contributed by atoms with E-state index in [4.69, 9.17) is 16.3 Å². The van der Waals surface area contributed by atoms with Crippen molar-refractivity contribution in [2.45, 2.75) is 6.92 Å². The van der Waals surface area contributed by atoms with Gasteiger partial charge in [0.2, 0.25) is 0 Å². The quantitative estimate of drug-likeness (QED) is 0.660. The van der Waals surface area contributed by atoms with Crippen molar-refractivity contribution < 1.29 is 9.53 Å². The second kappa shape index (κ2) is 7.85. The molecule has 3 rings (SSSR count). The van der Waals surface area contributed by atoms with Gasteiger partial charge in [-0.15, -0.1) is 0 Å². The predicted octanol–water partition coefficient (Wildman–Crippen LogP) is 3.85. The highest BCUT2D eigenvalue weighted by molar-refractivity contribution is 6.30. The Morgan fingerprint density at radius 1 is 1.24 bits per heavy atom. The number of H-pyrrole nitrogens is 1. The van der Waals surface area contributed by atoms with Gasteiger partial charge in [0.25, 0.3) is 5.91 Å². The van der Waals surface area contributed by atoms with Crippen LogP contribution in [0, 0.1) is 6.92 Å². The van der Waals surface area contributed by atoms with Crippen LogP contribution in [-0.2, 0) is 0 Å². The molecule has 0 radical (unpaired) electrons. The van der Waals surface area contributed by atoms with Crippen molar-refractivity contribution in [2.75, 3.05) is 13.2 Å². The van der Waals surface area contributed by atoms with E-state index in [9.17, 15) is 4.79 Å². The van der Waals surface area contributed by atoms with Gasteiger partial charge in [-0.3, -0.25) is 9.89 Å². The Morgan fingerprint density at radius 3 is 2.80 bits per heavy atom. The summed E-state index contributed by atoms with van der Waals surface area (Å²) in [6.07, 6.45) is 1.51. The average Bonchev–Trinajstić information content (AvgIpc) is 3.09. The zero-order valence-electron chi connectivity index (χ0n) is 13.8. The number of aryl methyl sites for hydroxylation is 1. The number of nitrogens with zero attached hydrogens (tertiary/aromatic N) is 1. The lowest BCUT2D eigenvalue weighted by molar-refractivity contribution is 0.0947. The summed E-state index contributed by atoms with van der Waals surface area (Å²) in [6, 6.07) is 15.0. The van der Waals surface area contributed by atoms with Gasteiger partial charge >= 0.3 is 0 Å². The lowest BCUT2D eigenvalue weighted by atomic mass is 10.1. The largest absolute Gasteiger partial charge is 0.492 e. The second-order valence-corrected chi connectivity index (χ2v) is 6.02. The highest BCUT2D eigenvalue weighted by Crippen LogP contribution is 2.22. The van der Waals surface area contributed by atoms with Crippen molar-refractivity contribution in [3.63, 3.8) is 0 Å². The van der Waals surface area contributed by atoms with E-state index in [0.29, 0.717) is 29.4 Å². The maximum absolute atomic E-state index is 12.4. The Kier molecular flexibility index (Phi) is 5.36. The van der Waals surface area contributed by atoms with Gasteiger partial charge in [0.15, 0.2) is 0 Å². The zero-order valence-corrected chi connectivity index (χ0v) is 14.5. The maximum atomic E-state index is 12.4. The van der Waals surface area contributed by atoms with Gasteiger partial charge in [0.05, 0.1) is 24.0 Å². The molecule has 0 saturated carbocycles. The average molecular weight is 356 g/mol. The monoisotopic (exact) mass is 355 g/mol. The number of hydrogen-bond acceptors (Lipinski definition) is 3. The molecule has 2 N–H and O–H groups in total. The Hall–Kier alpha value is -2.79. The summed E-state index contributed by atoms with van der Waals surface area (Å²) in [4.78, 5) is 12.4. The molecule has 1 heterocycles. The first-order valence-corrected chi connectivity index (χ1v) is 8.28. The summed E-state index contributed by atoms with van der Waals surface area (Å²) in [6.45, 7) is 2.80. The minimum atomic E-state index is -0.202. The Morgan fingerprint density at radius 2 is 2.04 bits per heavy atom. The number of amides is 1. The fourth-order valence-corrected chi connectivity index (χ4v) is 2.55. The van der Waals surface area contributed by atoms with Crippen molar-refractivity contribution in [3.05, 3.63) is 70.9 Å². The van der Waals surface area contributed by atoms with E-state index in [2.05, 4.69) is 15.5 Å². The van der Waals surface area contributed by atoms with Crippen molar-refractivity contribution in [1.29, 1.82) is 0 Å². The van der Waals surface area contributed by atoms with Crippen LogP contribution in [0.3, 0.4) is 0 Å². The van der Waals surface area contributed by atoms with Gasteiger partial charge in [-0.1, -0.05) is 35.9 Å². The minimum absolute atomic E-state index is 0.202. The lowest BCUT2D eigenvalue weighted by Gasteiger charge is -2.08. The number of nitrogens with one attached hydrogen (secondary N) is 2. The van der Waals surface area contributed by atoms with E-state index in [-0.39, 0.29) is 5.91 Å². The summed E-state index contributed by atoms with van der Waals surface area (Å²) in [5.41, 5.74) is 3.13. The molecule has 0 unspecified atom stereocenters. The molecule has 6 heteroatoms. The summed E-state index contributed by atoms with van der Waals surface area (Å²) < 4.78 is 5.63. The third-order valence-corrected chi connectivity index (χ3v) is 3.91. The van der Waals surface area contributed by atoms with E-state index < -0.39 is 0 Å². The number of aromatic nitrogens is 2. The van der Waals surface area contributed by atoms with Crippen LogP contribution in [0.25, 0.3) is 11.3 Å². The van der Waals surface area contributed by atoms with Crippen LogP contribution in [-0.4, -0.2) is 29.3 Å². The third kappa shape index (κ3) is 4.39. The van der Waals surface area contributed by atoms with E-state index >= 15 is 0 Å². The van der Waals surface area contributed by atoms with E-state index in [0.717, 1.165) is 16.9 Å². The molecule has 0 aliphatic heterocycles. The molecule has 3 aromatic rings. The highest BCUT2D eigenvalue weighted by atomic mass is 35.5. The Bertz CT molecular complexity index is 859. The summed E-state index contributed by atoms with van der Waals surface area (Å²) in [5.74, 6) is 0.589. The number of rotatable bonds is 6. The molecule has 0 aliphatic rings. The van der Waals surface area contributed by atoms with E-state index in [1.165, 1.54) is 6.20 Å². The number of ether oxygens (including phenoxy) is 1. The first-order valence-electron chi connectivity index (χ1n) is 7.90. The minimum Gasteiger partial charge on any atom is -0.492 e. The number of halogens is 1. The van der Waals surface area contributed by atoms with Gasteiger partial charge in [-0.2, -0.15) is 5.10 Å². The molecule has 0 bridgehead atoms. The number of hydrogen-bond donors (Lipinski definition) is 2. The predicted molar refractivity (Wildman–Crippen MR) is 98.0 cm³/mol. The summed E-state index contributed by atoms with van der Waals surface area (Å²) in [7, 11) is 0. The Labute approximate surface area is 151 Å². The molecular formula is C19H18ClN3O2. The van der Waals surface area contributed by atoms with Crippen LogP contribution in [0.4, 0.5) is 0 Å². The number of aromatic amines is 1. The molecule has 1 aromatic heterocycles. The summed E-state index contributed by atoms with van der Waals surface area (Å²) in [5, 5.41) is 10.3. The van der Waals surface area contributed by atoms with E-state index in [1.807, 2.05) is 43.3 Å². The van der Waals surface area contributed by atoms with Crippen molar-refractivity contribution in [2.24, 2.45) is 0 Å². The molecule has 1 amide bonds. The van der Waals surface area contributed by atoms with Gasteiger partial charge in [0.1, 0.15) is 12.4 Å².